The summed E-state index contributed by atoms with van der Waals surface area (Å²) in [4.78, 5) is 19.6. The van der Waals surface area contributed by atoms with Crippen molar-refractivity contribution in [3.05, 3.63) is 58.9 Å². The normalized spacial score (nSPS) is 22.0. The molecule has 7 rings (SSSR count). The number of halogens is 2. The number of rotatable bonds is 8. The molecule has 1 aliphatic heterocycles. The Hall–Kier alpha value is -3.57. The number of esters is 1. The van der Waals surface area contributed by atoms with Crippen LogP contribution in [0.1, 0.15) is 72.5 Å². The van der Waals surface area contributed by atoms with Gasteiger partial charge in [-0.15, -0.1) is 0 Å². The zero-order valence-corrected chi connectivity index (χ0v) is 24.9. The van der Waals surface area contributed by atoms with Gasteiger partial charge in [-0.2, -0.15) is 0 Å². The molecule has 226 valence electrons. The van der Waals surface area contributed by atoms with Crippen LogP contribution in [0, 0.1) is 17.6 Å². The summed E-state index contributed by atoms with van der Waals surface area (Å²) in [5.74, 6) is 0.207. The van der Waals surface area contributed by atoms with Gasteiger partial charge in [0.15, 0.2) is 5.13 Å². The van der Waals surface area contributed by atoms with Gasteiger partial charge in [-0.05, 0) is 75.1 Å². The molecular weight excluding hydrogens is 576 g/mol. The van der Waals surface area contributed by atoms with E-state index in [0.29, 0.717) is 28.6 Å². The van der Waals surface area contributed by atoms with Gasteiger partial charge in [0.1, 0.15) is 34.4 Å². The van der Waals surface area contributed by atoms with Crippen LogP contribution in [0.2, 0.25) is 0 Å². The summed E-state index contributed by atoms with van der Waals surface area (Å²) in [5, 5.41) is 5.02. The molecule has 8 nitrogen and oxygen atoms in total. The maximum atomic E-state index is 14.7. The second kappa shape index (κ2) is 11.5. The van der Waals surface area contributed by atoms with E-state index in [2.05, 4.69) is 10.1 Å². The van der Waals surface area contributed by atoms with Crippen LogP contribution in [-0.4, -0.2) is 49.0 Å². The highest BCUT2D eigenvalue weighted by molar-refractivity contribution is 7.22. The first-order valence-electron chi connectivity index (χ1n) is 14.8. The molecule has 11 heteroatoms. The quantitative estimate of drug-likeness (QED) is 0.193. The molecule has 2 saturated carbocycles. The number of benzene rings is 2. The first kappa shape index (κ1) is 28.2. The van der Waals surface area contributed by atoms with Crippen molar-refractivity contribution in [2.24, 2.45) is 5.92 Å². The molecule has 43 heavy (non-hydrogen) atoms. The summed E-state index contributed by atoms with van der Waals surface area (Å²) < 4.78 is 53.1. The molecule has 3 aliphatic rings. The van der Waals surface area contributed by atoms with Crippen molar-refractivity contribution < 1.29 is 32.3 Å². The number of fused-ring (bicyclic) bond motifs is 3. The highest BCUT2D eigenvalue weighted by Gasteiger charge is 2.38. The topological polar surface area (TPSA) is 86.9 Å². The summed E-state index contributed by atoms with van der Waals surface area (Å²) in [6.45, 7) is 1.07. The number of anilines is 1. The number of carbonyl (C=O) groups excluding carboxylic acids is 1. The third kappa shape index (κ3) is 5.37. The molecule has 3 atom stereocenters. The molecule has 3 heterocycles. The van der Waals surface area contributed by atoms with E-state index < -0.39 is 17.6 Å². The maximum Gasteiger partial charge on any atom is 0.338 e. The molecule has 0 spiro atoms. The van der Waals surface area contributed by atoms with E-state index in [9.17, 15) is 13.6 Å². The molecule has 2 bridgehead atoms. The molecule has 2 aromatic heterocycles. The third-order valence-electron chi connectivity index (χ3n) is 8.95. The Morgan fingerprint density at radius 1 is 1.12 bits per heavy atom. The molecular formula is C32H33F2N3O5S. The number of hydrogen-bond acceptors (Lipinski definition) is 9. The number of ether oxygens (including phenoxy) is 3. The van der Waals surface area contributed by atoms with Gasteiger partial charge in [-0.1, -0.05) is 22.6 Å². The van der Waals surface area contributed by atoms with Crippen molar-refractivity contribution in [1.82, 2.24) is 10.1 Å². The Labute approximate surface area is 251 Å². The van der Waals surface area contributed by atoms with Crippen LogP contribution >= 0.6 is 11.3 Å². The first-order valence-corrected chi connectivity index (χ1v) is 15.6. The molecule has 3 unspecified atom stereocenters. The number of thiazole rings is 1. The van der Waals surface area contributed by atoms with Crippen molar-refractivity contribution >= 4 is 32.7 Å². The minimum absolute atomic E-state index is 0.0283. The zero-order valence-electron chi connectivity index (χ0n) is 24.1. The van der Waals surface area contributed by atoms with Crippen molar-refractivity contribution in [2.75, 3.05) is 25.7 Å². The standard InChI is InChI=1S/C32H33F2N3O5S/c1-39-25-13-19(31(38)40-2)14-26-29(25)35-32(43-26)37-10-4-5-17-11-20(37)15-21(12-17)41-16-22-28(36-42-30(22)18-8-9-18)27-23(33)6-3-7-24(27)34/h3,6-7,13-14,17-18,20-21H,4-5,8-12,15-16H2,1-2H3. The monoisotopic (exact) mass is 609 g/mol. The summed E-state index contributed by atoms with van der Waals surface area (Å²) in [6, 6.07) is 7.53. The first-order chi connectivity index (χ1) is 20.9. The molecule has 0 amide bonds. The van der Waals surface area contributed by atoms with E-state index in [1.807, 2.05) is 6.07 Å². The maximum absolute atomic E-state index is 14.7. The van der Waals surface area contributed by atoms with Gasteiger partial charge in [0, 0.05) is 24.1 Å². The summed E-state index contributed by atoms with van der Waals surface area (Å²) >= 11 is 1.55. The minimum Gasteiger partial charge on any atom is -0.494 e. The Kier molecular flexibility index (Phi) is 7.54. The van der Waals surface area contributed by atoms with Gasteiger partial charge < -0.3 is 23.6 Å². The van der Waals surface area contributed by atoms with Crippen LogP contribution in [0.15, 0.2) is 34.9 Å². The van der Waals surface area contributed by atoms with Gasteiger partial charge >= 0.3 is 5.97 Å². The smallest absolute Gasteiger partial charge is 0.338 e. The van der Waals surface area contributed by atoms with Crippen molar-refractivity contribution in [1.29, 1.82) is 0 Å². The molecule has 0 radical (unpaired) electrons. The molecule has 3 fully saturated rings. The van der Waals surface area contributed by atoms with Crippen LogP contribution in [0.25, 0.3) is 21.5 Å². The third-order valence-corrected chi connectivity index (χ3v) is 9.99. The lowest BCUT2D eigenvalue weighted by atomic mass is 9.82. The lowest BCUT2D eigenvalue weighted by molar-refractivity contribution is -0.00295. The van der Waals surface area contributed by atoms with E-state index >= 15 is 0 Å². The second-order valence-corrected chi connectivity index (χ2v) is 12.8. The van der Waals surface area contributed by atoms with E-state index in [4.69, 9.17) is 23.7 Å². The van der Waals surface area contributed by atoms with Gasteiger partial charge in [-0.3, -0.25) is 0 Å². The van der Waals surface area contributed by atoms with Crippen molar-refractivity contribution in [3.63, 3.8) is 0 Å². The van der Waals surface area contributed by atoms with Gasteiger partial charge in [0.25, 0.3) is 0 Å². The lowest BCUT2D eigenvalue weighted by Crippen LogP contribution is -2.41. The van der Waals surface area contributed by atoms with Gasteiger partial charge in [-0.25, -0.2) is 18.6 Å². The fourth-order valence-electron chi connectivity index (χ4n) is 6.71. The average molecular weight is 610 g/mol. The predicted molar refractivity (Wildman–Crippen MR) is 158 cm³/mol. The Bertz CT molecular complexity index is 1650. The second-order valence-electron chi connectivity index (χ2n) is 11.8. The lowest BCUT2D eigenvalue weighted by Gasteiger charge is -2.38. The van der Waals surface area contributed by atoms with E-state index in [0.717, 1.165) is 66.8 Å². The fourth-order valence-corrected chi connectivity index (χ4v) is 7.83. The summed E-state index contributed by atoms with van der Waals surface area (Å²) in [5.41, 5.74) is 1.84. The molecule has 2 aliphatic carbocycles. The summed E-state index contributed by atoms with van der Waals surface area (Å²) in [6.07, 6.45) is 6.85. The number of nitrogens with zero attached hydrogens (tertiary/aromatic N) is 3. The van der Waals surface area contributed by atoms with Crippen LogP contribution < -0.4 is 9.64 Å². The molecule has 2 aromatic carbocycles. The highest BCUT2D eigenvalue weighted by atomic mass is 32.1. The largest absolute Gasteiger partial charge is 0.494 e. The number of methoxy groups -OCH3 is 2. The SMILES string of the molecule is COC(=O)c1cc(OC)c2nc(N3CCCC4CC(OCc5c(-c6c(F)cccc6F)noc5C5CC5)CC3C4)sc2c1. The van der Waals surface area contributed by atoms with E-state index in [1.165, 1.54) is 25.3 Å². The molecule has 4 aromatic rings. The highest BCUT2D eigenvalue weighted by Crippen LogP contribution is 2.46. The predicted octanol–water partition coefficient (Wildman–Crippen LogP) is 7.26. The summed E-state index contributed by atoms with van der Waals surface area (Å²) in [7, 11) is 2.94. The van der Waals surface area contributed by atoms with Crippen molar-refractivity contribution in [3.8, 4) is 17.0 Å². The minimum atomic E-state index is -0.664. The Balaban J connectivity index is 1.14. The van der Waals surface area contributed by atoms with E-state index in [-0.39, 0.29) is 35.9 Å². The number of hydrogen-bond donors (Lipinski definition) is 0. The fraction of sp³-hybridized carbons (Fsp3) is 0.469. The van der Waals surface area contributed by atoms with Crippen LogP contribution in [-0.2, 0) is 16.1 Å². The van der Waals surface area contributed by atoms with Gasteiger partial charge in [0.2, 0.25) is 0 Å². The molecule has 0 N–H and O–H groups in total. The van der Waals surface area contributed by atoms with Crippen LogP contribution in [0.5, 0.6) is 5.75 Å². The van der Waals surface area contributed by atoms with E-state index in [1.54, 1.807) is 24.5 Å². The van der Waals surface area contributed by atoms with Crippen LogP contribution in [0.4, 0.5) is 13.9 Å². The van der Waals surface area contributed by atoms with Crippen molar-refractivity contribution in [2.45, 2.75) is 69.6 Å². The van der Waals surface area contributed by atoms with Gasteiger partial charge in [0.05, 0.1) is 42.8 Å². The number of aromatic nitrogens is 2. The number of carbonyl (C=O) groups is 1. The Morgan fingerprint density at radius 2 is 1.93 bits per heavy atom. The average Bonchev–Trinajstić information content (AvgIpc) is 3.66. The zero-order chi connectivity index (χ0) is 29.7. The van der Waals surface area contributed by atoms with Crippen LogP contribution in [0.3, 0.4) is 0 Å². The molecule has 1 saturated heterocycles. The Morgan fingerprint density at radius 3 is 2.67 bits per heavy atom.